The van der Waals surface area contributed by atoms with Crippen molar-refractivity contribution in [2.75, 3.05) is 5.32 Å². The van der Waals surface area contributed by atoms with Crippen molar-refractivity contribution in [2.45, 2.75) is 52.5 Å². The van der Waals surface area contributed by atoms with Gasteiger partial charge < -0.3 is 5.32 Å². The van der Waals surface area contributed by atoms with Crippen molar-refractivity contribution in [3.63, 3.8) is 0 Å². The molecule has 0 atom stereocenters. The quantitative estimate of drug-likeness (QED) is 0.767. The second-order valence-corrected chi connectivity index (χ2v) is 8.36. The largest absolute Gasteiger partial charge is 0.324 e. The van der Waals surface area contributed by atoms with Gasteiger partial charge in [-0.1, -0.05) is 20.8 Å². The van der Waals surface area contributed by atoms with Crippen LogP contribution < -0.4 is 5.32 Å². The second kappa shape index (κ2) is 6.55. The van der Waals surface area contributed by atoms with Gasteiger partial charge in [0, 0.05) is 22.2 Å². The number of carbonyl (C=O) groups is 1. The van der Waals surface area contributed by atoms with E-state index in [1.54, 1.807) is 12.4 Å². The third kappa shape index (κ3) is 3.87. The lowest BCUT2D eigenvalue weighted by Crippen LogP contribution is -2.15. The fourth-order valence-corrected chi connectivity index (χ4v) is 3.48. The zero-order chi connectivity index (χ0) is 18.2. The van der Waals surface area contributed by atoms with Gasteiger partial charge >= 0.3 is 0 Å². The molecule has 6 nitrogen and oxygen atoms in total. The minimum Gasteiger partial charge on any atom is -0.324 e. The summed E-state index contributed by atoms with van der Waals surface area (Å²) < 4.78 is 1.87. The van der Waals surface area contributed by atoms with Gasteiger partial charge in [-0.15, -0.1) is 11.3 Å². The van der Waals surface area contributed by atoms with Crippen LogP contribution in [-0.4, -0.2) is 25.7 Å². The maximum absolute atomic E-state index is 12.3. The third-order valence-corrected chi connectivity index (χ3v) is 4.69. The fraction of sp³-hybridized carbons (Fsp3) is 0.444. The van der Waals surface area contributed by atoms with E-state index in [4.69, 9.17) is 0 Å². The minimum absolute atomic E-state index is 0.00322. The van der Waals surface area contributed by atoms with Gasteiger partial charge in [-0.3, -0.25) is 4.79 Å². The average Bonchev–Trinajstić information content (AvgIpc) is 3.12. The molecule has 0 aliphatic carbocycles. The van der Waals surface area contributed by atoms with Crippen LogP contribution in [0.2, 0.25) is 0 Å². The van der Waals surface area contributed by atoms with E-state index in [-0.39, 0.29) is 23.8 Å². The molecule has 3 heterocycles. The number of hydrogen-bond acceptors (Lipinski definition) is 5. The van der Waals surface area contributed by atoms with Gasteiger partial charge in [0.05, 0.1) is 30.2 Å². The highest BCUT2D eigenvalue weighted by Crippen LogP contribution is 2.24. The van der Waals surface area contributed by atoms with Crippen molar-refractivity contribution >= 4 is 34.0 Å². The first-order chi connectivity index (χ1) is 11.7. The molecular formula is C18H23N5OS. The van der Waals surface area contributed by atoms with Gasteiger partial charge in [0.25, 0.3) is 0 Å². The Hall–Kier alpha value is -2.28. The van der Waals surface area contributed by atoms with Crippen LogP contribution >= 0.6 is 11.3 Å². The summed E-state index contributed by atoms with van der Waals surface area (Å²) in [5.74, 6) is -0.0905. The summed E-state index contributed by atoms with van der Waals surface area (Å²) in [7, 11) is 0. The van der Waals surface area contributed by atoms with Crippen LogP contribution in [0.25, 0.3) is 11.0 Å². The van der Waals surface area contributed by atoms with Crippen LogP contribution in [-0.2, 0) is 16.6 Å². The molecule has 3 aromatic heterocycles. The predicted molar refractivity (Wildman–Crippen MR) is 101 cm³/mol. The maximum atomic E-state index is 12.3. The molecule has 3 rings (SSSR count). The van der Waals surface area contributed by atoms with E-state index in [2.05, 4.69) is 55.0 Å². The van der Waals surface area contributed by atoms with Crippen LogP contribution in [0, 0.1) is 0 Å². The molecule has 0 bridgehead atoms. The normalized spacial score (nSPS) is 12.1. The first-order valence-corrected chi connectivity index (χ1v) is 9.20. The van der Waals surface area contributed by atoms with Crippen molar-refractivity contribution in [3.05, 3.63) is 34.5 Å². The van der Waals surface area contributed by atoms with E-state index >= 15 is 0 Å². The zero-order valence-corrected chi connectivity index (χ0v) is 16.0. The molecule has 1 amide bonds. The van der Waals surface area contributed by atoms with E-state index < -0.39 is 0 Å². The lowest BCUT2D eigenvalue weighted by atomic mass is 9.93. The molecule has 0 aliphatic rings. The van der Waals surface area contributed by atoms with E-state index in [1.165, 1.54) is 11.3 Å². The molecule has 0 aliphatic heterocycles. The number of aromatic nitrogens is 4. The Kier molecular flexibility index (Phi) is 4.60. The van der Waals surface area contributed by atoms with Gasteiger partial charge in [-0.2, -0.15) is 5.10 Å². The number of rotatable bonds is 4. The topological polar surface area (TPSA) is 72.7 Å². The first-order valence-electron chi connectivity index (χ1n) is 8.32. The van der Waals surface area contributed by atoms with Crippen molar-refractivity contribution in [1.29, 1.82) is 0 Å². The van der Waals surface area contributed by atoms with Crippen molar-refractivity contribution in [3.8, 4) is 0 Å². The van der Waals surface area contributed by atoms with Crippen molar-refractivity contribution in [2.24, 2.45) is 0 Å². The summed E-state index contributed by atoms with van der Waals surface area (Å²) in [6.07, 6.45) is 3.71. The fourth-order valence-electron chi connectivity index (χ4n) is 2.47. The zero-order valence-electron chi connectivity index (χ0n) is 15.2. The summed E-state index contributed by atoms with van der Waals surface area (Å²) in [4.78, 5) is 21.3. The predicted octanol–water partition coefficient (Wildman–Crippen LogP) is 3.95. The Morgan fingerprint density at radius 3 is 2.72 bits per heavy atom. The lowest BCUT2D eigenvalue weighted by Gasteiger charge is -2.14. The van der Waals surface area contributed by atoms with Crippen LogP contribution in [0.4, 0.5) is 5.69 Å². The Labute approximate surface area is 151 Å². The average molecular weight is 357 g/mol. The molecule has 3 aromatic rings. The number of carbonyl (C=O) groups excluding carboxylic acids is 1. The number of nitrogens with zero attached hydrogens (tertiary/aromatic N) is 4. The Morgan fingerprint density at radius 1 is 1.32 bits per heavy atom. The number of thiazole rings is 1. The van der Waals surface area contributed by atoms with Crippen LogP contribution in [0.15, 0.2) is 23.8 Å². The minimum atomic E-state index is -0.0905. The SMILES string of the molecule is CC(C)n1ncc2cc(NC(=O)Cc3nc(C(C)(C)C)cs3)cnc21. The molecular weight excluding hydrogens is 334 g/mol. The number of anilines is 1. The van der Waals surface area contributed by atoms with E-state index in [0.29, 0.717) is 5.69 Å². The summed E-state index contributed by atoms with van der Waals surface area (Å²) >= 11 is 1.52. The standard InChI is InChI=1S/C18H23N5OS/c1-11(2)23-17-12(8-20-23)6-13(9-19-17)21-15(24)7-16-22-14(10-25-16)18(3,4)5/h6,8-11H,7H2,1-5H3,(H,21,24). The van der Waals surface area contributed by atoms with Gasteiger partial charge in [0.1, 0.15) is 5.01 Å². The van der Waals surface area contributed by atoms with E-state index in [1.807, 2.05) is 16.1 Å². The van der Waals surface area contributed by atoms with E-state index in [0.717, 1.165) is 21.7 Å². The monoisotopic (exact) mass is 357 g/mol. The van der Waals surface area contributed by atoms with Gasteiger partial charge in [0.15, 0.2) is 5.65 Å². The molecule has 0 unspecified atom stereocenters. The summed E-state index contributed by atoms with van der Waals surface area (Å²) in [5, 5.41) is 11.0. The molecule has 0 aromatic carbocycles. The highest BCUT2D eigenvalue weighted by Gasteiger charge is 2.18. The summed E-state index contributed by atoms with van der Waals surface area (Å²) in [5.41, 5.74) is 2.51. The Balaban J connectivity index is 1.70. The number of nitrogens with one attached hydrogen (secondary N) is 1. The van der Waals surface area contributed by atoms with Crippen molar-refractivity contribution in [1.82, 2.24) is 19.7 Å². The third-order valence-electron chi connectivity index (χ3n) is 3.84. The number of fused-ring (bicyclic) bond motifs is 1. The Morgan fingerprint density at radius 2 is 2.08 bits per heavy atom. The second-order valence-electron chi connectivity index (χ2n) is 7.42. The van der Waals surface area contributed by atoms with Crippen molar-refractivity contribution < 1.29 is 4.79 Å². The lowest BCUT2D eigenvalue weighted by molar-refractivity contribution is -0.115. The van der Waals surface area contributed by atoms with Gasteiger partial charge in [0.2, 0.25) is 5.91 Å². The molecule has 0 saturated heterocycles. The number of pyridine rings is 1. The smallest absolute Gasteiger partial charge is 0.231 e. The van der Waals surface area contributed by atoms with Crippen LogP contribution in [0.5, 0.6) is 0 Å². The first kappa shape index (κ1) is 17.5. The molecule has 132 valence electrons. The van der Waals surface area contributed by atoms with E-state index in [9.17, 15) is 4.79 Å². The molecule has 7 heteroatoms. The number of amides is 1. The van der Waals surface area contributed by atoms with Gasteiger partial charge in [-0.05, 0) is 19.9 Å². The van der Waals surface area contributed by atoms with Crippen LogP contribution in [0.3, 0.4) is 0 Å². The van der Waals surface area contributed by atoms with Gasteiger partial charge in [-0.25, -0.2) is 14.6 Å². The molecule has 0 radical (unpaired) electrons. The highest BCUT2D eigenvalue weighted by molar-refractivity contribution is 7.09. The molecule has 0 spiro atoms. The molecule has 0 saturated carbocycles. The molecule has 1 N–H and O–H groups in total. The summed E-state index contributed by atoms with van der Waals surface area (Å²) in [6, 6.07) is 2.14. The molecule has 25 heavy (non-hydrogen) atoms. The molecule has 0 fully saturated rings. The van der Waals surface area contributed by atoms with Crippen LogP contribution in [0.1, 0.15) is 51.4 Å². The number of hydrogen-bond donors (Lipinski definition) is 1. The highest BCUT2D eigenvalue weighted by atomic mass is 32.1. The Bertz CT molecular complexity index is 904. The summed E-state index contributed by atoms with van der Waals surface area (Å²) in [6.45, 7) is 10.5. The maximum Gasteiger partial charge on any atom is 0.231 e.